The number of ether oxygens (including phenoxy) is 1. The van der Waals surface area contributed by atoms with Crippen LogP contribution in [0.25, 0.3) is 0 Å². The molecular formula is C28H58NO3P. The molecule has 0 aromatic heterocycles. The van der Waals surface area contributed by atoms with Crippen LogP contribution in [0.2, 0.25) is 0 Å². The van der Waals surface area contributed by atoms with Gasteiger partial charge in [0.25, 0.3) is 0 Å². The van der Waals surface area contributed by atoms with Crippen LogP contribution in [0, 0.1) is 5.92 Å². The van der Waals surface area contributed by atoms with E-state index in [1.807, 2.05) is 0 Å². The van der Waals surface area contributed by atoms with Gasteiger partial charge in [-0.1, -0.05) is 124 Å². The van der Waals surface area contributed by atoms with Crippen LogP contribution in [0.3, 0.4) is 0 Å². The van der Waals surface area contributed by atoms with E-state index in [0.717, 1.165) is 25.9 Å². The molecular weight excluding hydrogens is 429 g/mol. The molecule has 4 nitrogen and oxygen atoms in total. The van der Waals surface area contributed by atoms with Gasteiger partial charge in [-0.3, -0.25) is 4.79 Å². The van der Waals surface area contributed by atoms with Gasteiger partial charge in [-0.2, -0.15) is 0 Å². The van der Waals surface area contributed by atoms with Gasteiger partial charge in [-0.15, -0.1) is 0 Å². The molecule has 0 aliphatic heterocycles. The van der Waals surface area contributed by atoms with Gasteiger partial charge in [0.1, 0.15) is 0 Å². The zero-order chi connectivity index (χ0) is 24.4. The standard InChI is InChI=1S/C28H58NO3P/c1-4-6-8-10-11-12-13-14-15-17-19-21-28(30)29-27(25-32-33)24-31-23-22-26(3)20-18-16-9-7-5-2/h26-27H,4-25,33H2,1-3H3,(H,29,30)/t26-,27-/m1/s1. The van der Waals surface area contributed by atoms with Crippen LogP contribution in [0.15, 0.2) is 0 Å². The van der Waals surface area contributed by atoms with Gasteiger partial charge in [0.05, 0.1) is 19.3 Å². The summed E-state index contributed by atoms with van der Waals surface area (Å²) in [6, 6.07) is -0.0629. The first-order valence-corrected chi connectivity index (χ1v) is 14.8. The number of carbonyl (C=O) groups is 1. The molecule has 0 aliphatic carbocycles. The normalized spacial score (nSPS) is 13.2. The first-order chi connectivity index (χ1) is 16.1. The van der Waals surface area contributed by atoms with Crippen molar-refractivity contribution in [3.8, 4) is 0 Å². The molecule has 1 amide bonds. The molecule has 3 atom stereocenters. The van der Waals surface area contributed by atoms with E-state index in [0.29, 0.717) is 25.6 Å². The second kappa shape index (κ2) is 26.4. The summed E-state index contributed by atoms with van der Waals surface area (Å²) in [7, 11) is 2.28. The lowest BCUT2D eigenvalue weighted by Crippen LogP contribution is -2.41. The lowest BCUT2D eigenvalue weighted by Gasteiger charge is -2.19. The fourth-order valence-electron chi connectivity index (χ4n) is 4.25. The molecule has 0 saturated heterocycles. The fraction of sp³-hybridized carbons (Fsp3) is 0.964. The van der Waals surface area contributed by atoms with Crippen LogP contribution in [0.5, 0.6) is 0 Å². The lowest BCUT2D eigenvalue weighted by molar-refractivity contribution is -0.122. The Hall–Kier alpha value is -0.180. The molecule has 0 rings (SSSR count). The second-order valence-electron chi connectivity index (χ2n) is 10.1. The van der Waals surface area contributed by atoms with Crippen molar-refractivity contribution in [1.29, 1.82) is 0 Å². The van der Waals surface area contributed by atoms with Crippen LogP contribution >= 0.6 is 9.47 Å². The van der Waals surface area contributed by atoms with Crippen molar-refractivity contribution < 1.29 is 14.1 Å². The van der Waals surface area contributed by atoms with Gasteiger partial charge in [-0.25, -0.2) is 0 Å². The van der Waals surface area contributed by atoms with Crippen molar-refractivity contribution in [1.82, 2.24) is 5.32 Å². The Bertz CT molecular complexity index is 409. The number of rotatable bonds is 26. The Morgan fingerprint density at radius 3 is 1.79 bits per heavy atom. The van der Waals surface area contributed by atoms with Crippen molar-refractivity contribution in [3.63, 3.8) is 0 Å². The average molecular weight is 488 g/mol. The van der Waals surface area contributed by atoms with Crippen LogP contribution in [-0.2, 0) is 14.1 Å². The van der Waals surface area contributed by atoms with E-state index >= 15 is 0 Å². The topological polar surface area (TPSA) is 47.6 Å². The molecule has 1 unspecified atom stereocenters. The van der Waals surface area contributed by atoms with Gasteiger partial charge in [0, 0.05) is 22.5 Å². The van der Waals surface area contributed by atoms with Crippen molar-refractivity contribution in [2.45, 2.75) is 149 Å². The van der Waals surface area contributed by atoms with E-state index in [1.54, 1.807) is 0 Å². The lowest BCUT2D eigenvalue weighted by atomic mass is 9.99. The van der Waals surface area contributed by atoms with Crippen LogP contribution < -0.4 is 5.32 Å². The highest BCUT2D eigenvalue weighted by molar-refractivity contribution is 7.09. The molecule has 0 aromatic carbocycles. The van der Waals surface area contributed by atoms with Crippen LogP contribution in [0.4, 0.5) is 0 Å². The summed E-state index contributed by atoms with van der Waals surface area (Å²) in [5.41, 5.74) is 0. The average Bonchev–Trinajstić information content (AvgIpc) is 2.80. The molecule has 0 aliphatic rings. The zero-order valence-corrected chi connectivity index (χ0v) is 23.7. The molecule has 33 heavy (non-hydrogen) atoms. The highest BCUT2D eigenvalue weighted by Crippen LogP contribution is 2.15. The summed E-state index contributed by atoms with van der Waals surface area (Å²) in [4.78, 5) is 12.3. The Morgan fingerprint density at radius 2 is 1.24 bits per heavy atom. The summed E-state index contributed by atoms with van der Waals surface area (Å²) in [5, 5.41) is 3.09. The Morgan fingerprint density at radius 1 is 0.727 bits per heavy atom. The number of amides is 1. The van der Waals surface area contributed by atoms with Crippen LogP contribution in [0.1, 0.15) is 143 Å². The largest absolute Gasteiger partial charge is 0.379 e. The molecule has 0 heterocycles. The maximum atomic E-state index is 12.3. The molecule has 0 fully saturated rings. The minimum atomic E-state index is -0.0629. The summed E-state index contributed by atoms with van der Waals surface area (Å²) in [6.07, 6.45) is 24.0. The Labute approximate surface area is 209 Å². The number of unbranched alkanes of at least 4 members (excludes halogenated alkanes) is 14. The SMILES string of the molecule is CCCCCCCCCCCCCC(=O)N[C@@H](COP)COCC[C@H](C)CCCCCCC. The maximum absolute atomic E-state index is 12.3. The molecule has 0 saturated carbocycles. The third-order valence-corrected chi connectivity index (χ3v) is 6.74. The van der Waals surface area contributed by atoms with Gasteiger partial charge in [0.15, 0.2) is 0 Å². The minimum absolute atomic E-state index is 0.0629. The summed E-state index contributed by atoms with van der Waals surface area (Å²) >= 11 is 0. The first-order valence-electron chi connectivity index (χ1n) is 14.3. The third kappa shape index (κ3) is 24.7. The van der Waals surface area contributed by atoms with Gasteiger partial charge >= 0.3 is 0 Å². The predicted octanol–water partition coefficient (Wildman–Crippen LogP) is 8.38. The highest BCUT2D eigenvalue weighted by atomic mass is 31.0. The van der Waals surface area contributed by atoms with E-state index in [9.17, 15) is 4.79 Å². The molecule has 0 aromatic rings. The predicted molar refractivity (Wildman–Crippen MR) is 147 cm³/mol. The van der Waals surface area contributed by atoms with E-state index in [2.05, 4.69) is 35.6 Å². The molecule has 0 radical (unpaired) electrons. The van der Waals surface area contributed by atoms with E-state index < -0.39 is 0 Å². The van der Waals surface area contributed by atoms with Crippen LogP contribution in [-0.4, -0.2) is 31.8 Å². The summed E-state index contributed by atoms with van der Waals surface area (Å²) in [6.45, 7) is 8.61. The zero-order valence-electron chi connectivity index (χ0n) is 22.5. The van der Waals surface area contributed by atoms with Gasteiger partial charge in [-0.05, 0) is 18.8 Å². The van der Waals surface area contributed by atoms with E-state index in [-0.39, 0.29) is 11.9 Å². The van der Waals surface area contributed by atoms with Crippen molar-refractivity contribution in [2.24, 2.45) is 5.92 Å². The number of hydrogen-bond donors (Lipinski definition) is 1. The summed E-state index contributed by atoms with van der Waals surface area (Å²) < 4.78 is 11.1. The smallest absolute Gasteiger partial charge is 0.220 e. The van der Waals surface area contributed by atoms with E-state index in [4.69, 9.17) is 9.26 Å². The molecule has 1 N–H and O–H groups in total. The highest BCUT2D eigenvalue weighted by Gasteiger charge is 2.13. The Kier molecular flexibility index (Phi) is 26.3. The number of hydrogen-bond acceptors (Lipinski definition) is 3. The van der Waals surface area contributed by atoms with Gasteiger partial charge in [0.2, 0.25) is 5.91 Å². The summed E-state index contributed by atoms with van der Waals surface area (Å²) in [5.74, 6) is 0.834. The third-order valence-electron chi connectivity index (χ3n) is 6.54. The molecule has 0 spiro atoms. The van der Waals surface area contributed by atoms with Crippen molar-refractivity contribution >= 4 is 15.4 Å². The van der Waals surface area contributed by atoms with E-state index in [1.165, 1.54) is 96.3 Å². The van der Waals surface area contributed by atoms with Gasteiger partial charge < -0.3 is 14.6 Å². The fourth-order valence-corrected chi connectivity index (χ4v) is 4.48. The first kappa shape index (κ1) is 32.8. The molecule has 0 bridgehead atoms. The number of nitrogens with one attached hydrogen (secondary N) is 1. The maximum Gasteiger partial charge on any atom is 0.220 e. The Balaban J connectivity index is 3.68. The number of carbonyl (C=O) groups excluding carboxylic acids is 1. The molecule has 198 valence electrons. The molecule has 5 heteroatoms. The van der Waals surface area contributed by atoms with Crippen molar-refractivity contribution in [2.75, 3.05) is 19.8 Å². The second-order valence-corrected chi connectivity index (χ2v) is 10.4. The van der Waals surface area contributed by atoms with Crippen molar-refractivity contribution in [3.05, 3.63) is 0 Å². The minimum Gasteiger partial charge on any atom is -0.379 e. The quantitative estimate of drug-likeness (QED) is 0.0984. The monoisotopic (exact) mass is 487 g/mol.